The number of hydrogen-bond donors (Lipinski definition) is 1. The van der Waals surface area contributed by atoms with E-state index in [4.69, 9.17) is 4.74 Å². The van der Waals surface area contributed by atoms with Crippen LogP contribution >= 0.6 is 0 Å². The fourth-order valence-electron chi connectivity index (χ4n) is 1.17. The topological polar surface area (TPSA) is 38.3 Å². The van der Waals surface area contributed by atoms with Gasteiger partial charge in [0.25, 0.3) is 0 Å². The second kappa shape index (κ2) is 7.69. The molecule has 0 unspecified atom stereocenters. The van der Waals surface area contributed by atoms with E-state index in [1.807, 2.05) is 0 Å². The van der Waals surface area contributed by atoms with Crippen molar-refractivity contribution < 1.29 is 9.53 Å². The lowest BCUT2D eigenvalue weighted by molar-refractivity contribution is -0.143. The minimum Gasteiger partial charge on any atom is -0.465 e. The minimum atomic E-state index is -0.142. The Balaban J connectivity index is 3.69. The molecule has 0 aromatic heterocycles. The summed E-state index contributed by atoms with van der Waals surface area (Å²) in [6.45, 7) is 9.33. The first-order chi connectivity index (χ1) is 7.08. The van der Waals surface area contributed by atoms with E-state index in [-0.39, 0.29) is 11.5 Å². The maximum atomic E-state index is 11.3. The van der Waals surface area contributed by atoms with Gasteiger partial charge in [-0.1, -0.05) is 27.2 Å². The molecule has 0 saturated carbocycles. The lowest BCUT2D eigenvalue weighted by Crippen LogP contribution is -2.44. The van der Waals surface area contributed by atoms with Gasteiger partial charge in [-0.25, -0.2) is 0 Å². The summed E-state index contributed by atoms with van der Waals surface area (Å²) < 4.78 is 5.07. The third-order valence-electron chi connectivity index (χ3n) is 2.98. The Labute approximate surface area is 93.6 Å². The summed E-state index contributed by atoms with van der Waals surface area (Å²) >= 11 is 0. The monoisotopic (exact) mass is 215 g/mol. The van der Waals surface area contributed by atoms with E-state index in [2.05, 4.69) is 33.0 Å². The van der Waals surface area contributed by atoms with Crippen LogP contribution in [0.1, 0.15) is 53.4 Å². The van der Waals surface area contributed by atoms with E-state index in [1.54, 1.807) is 0 Å². The molecule has 0 aromatic rings. The molecule has 0 aliphatic heterocycles. The number of hydrogen-bond acceptors (Lipinski definition) is 3. The van der Waals surface area contributed by atoms with Gasteiger partial charge in [-0.15, -0.1) is 0 Å². The van der Waals surface area contributed by atoms with Gasteiger partial charge in [0.15, 0.2) is 0 Å². The van der Waals surface area contributed by atoms with E-state index >= 15 is 0 Å². The fourth-order valence-corrected chi connectivity index (χ4v) is 1.17. The molecular formula is C12H25NO2. The van der Waals surface area contributed by atoms with Crippen molar-refractivity contribution in [1.82, 2.24) is 5.32 Å². The summed E-state index contributed by atoms with van der Waals surface area (Å²) in [5.41, 5.74) is 0.0593. The van der Waals surface area contributed by atoms with E-state index < -0.39 is 0 Å². The van der Waals surface area contributed by atoms with Crippen LogP contribution in [0.5, 0.6) is 0 Å². The number of carbonyl (C=O) groups is 1. The smallest absolute Gasteiger partial charge is 0.319 e. The molecule has 0 fully saturated rings. The molecule has 0 aliphatic rings. The van der Waals surface area contributed by atoms with Crippen LogP contribution in [0.4, 0.5) is 0 Å². The maximum Gasteiger partial charge on any atom is 0.319 e. The molecule has 3 heteroatoms. The first kappa shape index (κ1) is 14.4. The van der Waals surface area contributed by atoms with Crippen LogP contribution in [0.2, 0.25) is 0 Å². The average molecular weight is 215 g/mol. The van der Waals surface area contributed by atoms with Crippen LogP contribution in [0.3, 0.4) is 0 Å². The van der Waals surface area contributed by atoms with Gasteiger partial charge in [0.05, 0.1) is 13.2 Å². The number of nitrogens with one attached hydrogen (secondary N) is 1. The van der Waals surface area contributed by atoms with Crippen molar-refractivity contribution in [3.63, 3.8) is 0 Å². The molecule has 1 N–H and O–H groups in total. The third kappa shape index (κ3) is 6.50. The van der Waals surface area contributed by atoms with Crippen molar-refractivity contribution in [3.8, 4) is 0 Å². The van der Waals surface area contributed by atoms with E-state index in [9.17, 15) is 4.79 Å². The van der Waals surface area contributed by atoms with Crippen molar-refractivity contribution in [3.05, 3.63) is 0 Å². The van der Waals surface area contributed by atoms with Gasteiger partial charge in [-0.2, -0.15) is 0 Å². The zero-order chi connectivity index (χ0) is 11.7. The molecule has 90 valence electrons. The summed E-state index contributed by atoms with van der Waals surface area (Å²) in [5, 5.41) is 3.25. The predicted octanol–water partition coefficient (Wildman–Crippen LogP) is 2.50. The second-order valence-electron chi connectivity index (χ2n) is 4.20. The normalized spacial score (nSPS) is 11.5. The first-order valence-electron chi connectivity index (χ1n) is 5.98. The number of rotatable bonds is 8. The molecule has 0 spiro atoms. The highest BCUT2D eigenvalue weighted by Crippen LogP contribution is 2.12. The Morgan fingerprint density at radius 3 is 2.33 bits per heavy atom. The number of unbranched alkanes of at least 4 members (excludes halogenated alkanes) is 1. The highest BCUT2D eigenvalue weighted by molar-refractivity contribution is 5.71. The zero-order valence-corrected chi connectivity index (χ0v) is 10.6. The van der Waals surface area contributed by atoms with Crippen LogP contribution < -0.4 is 5.32 Å². The largest absolute Gasteiger partial charge is 0.465 e. The summed E-state index contributed by atoms with van der Waals surface area (Å²) in [6, 6.07) is 0. The number of ether oxygens (including phenoxy) is 1. The maximum absolute atomic E-state index is 11.3. The van der Waals surface area contributed by atoms with Gasteiger partial charge >= 0.3 is 5.97 Å². The molecule has 0 aliphatic carbocycles. The Kier molecular flexibility index (Phi) is 7.39. The lowest BCUT2D eigenvalue weighted by atomic mass is 9.96. The standard InChI is InChI=1S/C12H25NO2/c1-5-8-9-15-11(14)10-13-12(4,6-2)7-3/h13H,5-10H2,1-4H3. The zero-order valence-electron chi connectivity index (χ0n) is 10.6. The molecule has 0 atom stereocenters. The van der Waals surface area contributed by atoms with E-state index in [0.717, 1.165) is 25.7 Å². The molecule has 0 radical (unpaired) electrons. The molecule has 0 rings (SSSR count). The molecule has 0 aromatic carbocycles. The summed E-state index contributed by atoms with van der Waals surface area (Å²) in [5.74, 6) is -0.142. The van der Waals surface area contributed by atoms with E-state index in [0.29, 0.717) is 13.2 Å². The highest BCUT2D eigenvalue weighted by Gasteiger charge is 2.19. The van der Waals surface area contributed by atoms with Gasteiger partial charge in [0.2, 0.25) is 0 Å². The molecular weight excluding hydrogens is 190 g/mol. The summed E-state index contributed by atoms with van der Waals surface area (Å²) in [6.07, 6.45) is 4.05. The number of esters is 1. The predicted molar refractivity (Wildman–Crippen MR) is 62.9 cm³/mol. The number of carbonyl (C=O) groups excluding carboxylic acids is 1. The molecule has 0 amide bonds. The molecule has 0 bridgehead atoms. The quantitative estimate of drug-likeness (QED) is 0.499. The summed E-state index contributed by atoms with van der Waals surface area (Å²) in [4.78, 5) is 11.3. The van der Waals surface area contributed by atoms with Crippen LogP contribution in [0.25, 0.3) is 0 Å². The van der Waals surface area contributed by atoms with Crippen molar-refractivity contribution in [2.45, 2.75) is 58.9 Å². The SMILES string of the molecule is CCCCOC(=O)CNC(C)(CC)CC. The second-order valence-corrected chi connectivity index (χ2v) is 4.20. The van der Waals surface area contributed by atoms with Crippen LogP contribution in [0.15, 0.2) is 0 Å². The van der Waals surface area contributed by atoms with Gasteiger partial charge < -0.3 is 10.1 Å². The van der Waals surface area contributed by atoms with E-state index in [1.165, 1.54) is 0 Å². The van der Waals surface area contributed by atoms with Gasteiger partial charge in [-0.3, -0.25) is 4.79 Å². The molecule has 3 nitrogen and oxygen atoms in total. The summed E-state index contributed by atoms with van der Waals surface area (Å²) in [7, 11) is 0. The van der Waals surface area contributed by atoms with Crippen LogP contribution in [-0.4, -0.2) is 24.7 Å². The molecule has 0 saturated heterocycles. The highest BCUT2D eigenvalue weighted by atomic mass is 16.5. The average Bonchev–Trinajstić information content (AvgIpc) is 2.26. The van der Waals surface area contributed by atoms with Crippen LogP contribution in [-0.2, 0) is 9.53 Å². The van der Waals surface area contributed by atoms with Crippen molar-refractivity contribution in [1.29, 1.82) is 0 Å². The van der Waals surface area contributed by atoms with Gasteiger partial charge in [0.1, 0.15) is 0 Å². The van der Waals surface area contributed by atoms with Crippen molar-refractivity contribution >= 4 is 5.97 Å². The van der Waals surface area contributed by atoms with Gasteiger partial charge in [-0.05, 0) is 26.2 Å². The Bertz CT molecular complexity index is 176. The molecule has 0 heterocycles. The Morgan fingerprint density at radius 1 is 1.27 bits per heavy atom. The third-order valence-corrected chi connectivity index (χ3v) is 2.98. The lowest BCUT2D eigenvalue weighted by Gasteiger charge is -2.27. The van der Waals surface area contributed by atoms with Crippen molar-refractivity contribution in [2.24, 2.45) is 0 Å². The van der Waals surface area contributed by atoms with Crippen molar-refractivity contribution in [2.75, 3.05) is 13.2 Å². The Hall–Kier alpha value is -0.570. The Morgan fingerprint density at radius 2 is 1.87 bits per heavy atom. The van der Waals surface area contributed by atoms with Gasteiger partial charge in [0, 0.05) is 5.54 Å². The molecule has 15 heavy (non-hydrogen) atoms. The fraction of sp³-hybridized carbons (Fsp3) is 0.917. The van der Waals surface area contributed by atoms with Crippen LogP contribution in [0, 0.1) is 0 Å². The minimum absolute atomic E-state index is 0.0593. The first-order valence-corrected chi connectivity index (χ1v) is 5.98.